The van der Waals surface area contributed by atoms with Crippen LogP contribution in [0.1, 0.15) is 12.5 Å². The summed E-state index contributed by atoms with van der Waals surface area (Å²) in [7, 11) is 0. The Balaban J connectivity index is 1.64. The molecule has 0 aliphatic heterocycles. The van der Waals surface area contributed by atoms with Crippen LogP contribution in [0.5, 0.6) is 0 Å². The molecule has 2 heterocycles. The van der Waals surface area contributed by atoms with Gasteiger partial charge in [0, 0.05) is 12.4 Å². The minimum atomic E-state index is -0.365. The van der Waals surface area contributed by atoms with Crippen molar-refractivity contribution in [3.8, 4) is 0 Å². The van der Waals surface area contributed by atoms with E-state index in [1.54, 1.807) is 40.8 Å². The fourth-order valence-corrected chi connectivity index (χ4v) is 2.78. The van der Waals surface area contributed by atoms with Crippen LogP contribution in [-0.2, 0) is 17.9 Å². The summed E-state index contributed by atoms with van der Waals surface area (Å²) in [6, 6.07) is 6.21. The lowest BCUT2D eigenvalue weighted by Crippen LogP contribution is -2.25. The van der Waals surface area contributed by atoms with Crippen LogP contribution in [-0.4, -0.2) is 25.5 Å². The van der Waals surface area contributed by atoms with Gasteiger partial charge in [0.1, 0.15) is 10.8 Å². The highest BCUT2D eigenvalue weighted by atomic mass is 35.5. The van der Waals surface area contributed by atoms with Gasteiger partial charge in [-0.05, 0) is 17.7 Å². The lowest BCUT2D eigenvalue weighted by molar-refractivity contribution is -0.119. The topological polar surface area (TPSA) is 64.7 Å². The van der Waals surface area contributed by atoms with Gasteiger partial charge < -0.3 is 5.32 Å². The normalized spacial score (nSPS) is 12.2. The van der Waals surface area contributed by atoms with E-state index in [4.69, 9.17) is 23.2 Å². The first-order valence-corrected chi connectivity index (χ1v) is 8.62. The van der Waals surface area contributed by atoms with Crippen LogP contribution in [0.3, 0.4) is 0 Å². The van der Waals surface area contributed by atoms with Crippen LogP contribution in [0, 0.1) is 11.7 Å². The van der Waals surface area contributed by atoms with Gasteiger partial charge in [0.25, 0.3) is 0 Å². The number of anilines is 1. The molecule has 0 bridgehead atoms. The average Bonchev–Trinajstić information content (AvgIpc) is 3.13. The minimum absolute atomic E-state index is 0.241. The van der Waals surface area contributed by atoms with Gasteiger partial charge in [-0.3, -0.25) is 14.2 Å². The number of hydrogen-bond acceptors (Lipinski definition) is 3. The fourth-order valence-electron chi connectivity index (χ4n) is 2.43. The highest BCUT2D eigenvalue weighted by Crippen LogP contribution is 2.21. The number of nitrogens with one attached hydrogen (secondary N) is 1. The second kappa shape index (κ2) is 7.88. The molecule has 0 aliphatic carbocycles. The Hall–Kier alpha value is -2.38. The quantitative estimate of drug-likeness (QED) is 0.689. The minimum Gasteiger partial charge on any atom is -0.308 e. The fraction of sp³-hybridized carbons (Fsp3) is 0.235. The molecule has 1 amide bonds. The number of nitrogens with zero attached hydrogens (tertiary/aromatic N) is 4. The molecule has 1 aromatic carbocycles. The standard InChI is InChI=1S/C17H16Cl2FN5O/c1-11(7-24-9-13(18)6-21-24)17(26)22-16-15(19)10-25(23-16)8-12-3-2-4-14(20)5-12/h2-6,9-11H,7-8H2,1H3,(H,22,23,26). The van der Waals surface area contributed by atoms with E-state index in [1.807, 2.05) is 0 Å². The molecule has 1 N–H and O–H groups in total. The summed E-state index contributed by atoms with van der Waals surface area (Å²) in [4.78, 5) is 12.3. The van der Waals surface area contributed by atoms with Gasteiger partial charge in [0.05, 0.1) is 30.2 Å². The Morgan fingerprint density at radius 3 is 2.81 bits per heavy atom. The molecule has 0 aliphatic rings. The number of halogens is 3. The monoisotopic (exact) mass is 395 g/mol. The maximum absolute atomic E-state index is 13.3. The van der Waals surface area contributed by atoms with Gasteiger partial charge in [0.15, 0.2) is 5.82 Å². The molecule has 136 valence electrons. The van der Waals surface area contributed by atoms with Gasteiger partial charge in [-0.25, -0.2) is 4.39 Å². The molecule has 0 saturated carbocycles. The zero-order valence-corrected chi connectivity index (χ0v) is 15.4. The van der Waals surface area contributed by atoms with Crippen molar-refractivity contribution in [3.05, 3.63) is 64.3 Å². The van der Waals surface area contributed by atoms with Crippen molar-refractivity contribution >= 4 is 34.9 Å². The molecule has 9 heteroatoms. The molecule has 0 saturated heterocycles. The first kappa shape index (κ1) is 18.4. The Kier molecular flexibility index (Phi) is 5.58. The van der Waals surface area contributed by atoms with Gasteiger partial charge >= 0.3 is 0 Å². The highest BCUT2D eigenvalue weighted by Gasteiger charge is 2.17. The molecule has 3 rings (SSSR count). The van der Waals surface area contributed by atoms with Crippen molar-refractivity contribution < 1.29 is 9.18 Å². The number of amides is 1. The number of hydrogen-bond donors (Lipinski definition) is 1. The first-order valence-electron chi connectivity index (χ1n) is 7.87. The zero-order chi connectivity index (χ0) is 18.7. The van der Waals surface area contributed by atoms with E-state index in [2.05, 4.69) is 15.5 Å². The van der Waals surface area contributed by atoms with Crippen LogP contribution in [0.15, 0.2) is 42.9 Å². The van der Waals surface area contributed by atoms with Crippen molar-refractivity contribution in [1.82, 2.24) is 19.6 Å². The van der Waals surface area contributed by atoms with Crippen LogP contribution < -0.4 is 5.32 Å². The van der Waals surface area contributed by atoms with Crippen LogP contribution in [0.2, 0.25) is 10.0 Å². The number of benzene rings is 1. The summed E-state index contributed by atoms with van der Waals surface area (Å²) < 4.78 is 16.4. The molecule has 2 aromatic heterocycles. The van der Waals surface area contributed by atoms with Crippen molar-refractivity contribution in [2.24, 2.45) is 5.92 Å². The third-order valence-electron chi connectivity index (χ3n) is 3.70. The van der Waals surface area contributed by atoms with E-state index in [1.165, 1.54) is 18.3 Å². The number of rotatable bonds is 6. The predicted octanol–water partition coefficient (Wildman–Crippen LogP) is 3.85. The van der Waals surface area contributed by atoms with E-state index in [0.29, 0.717) is 23.1 Å². The second-order valence-corrected chi connectivity index (χ2v) is 6.77. The maximum atomic E-state index is 13.3. The molecular weight excluding hydrogens is 380 g/mol. The second-order valence-electron chi connectivity index (χ2n) is 5.92. The maximum Gasteiger partial charge on any atom is 0.230 e. The van der Waals surface area contributed by atoms with Gasteiger partial charge in [-0.15, -0.1) is 0 Å². The number of carbonyl (C=O) groups excluding carboxylic acids is 1. The van der Waals surface area contributed by atoms with Crippen molar-refractivity contribution in [3.63, 3.8) is 0 Å². The van der Waals surface area contributed by atoms with Crippen LogP contribution in [0.25, 0.3) is 0 Å². The third-order valence-corrected chi connectivity index (χ3v) is 4.17. The van der Waals surface area contributed by atoms with Gasteiger partial charge in [0.2, 0.25) is 5.91 Å². The highest BCUT2D eigenvalue weighted by molar-refractivity contribution is 6.33. The summed E-state index contributed by atoms with van der Waals surface area (Å²) in [6.07, 6.45) is 4.74. The summed E-state index contributed by atoms with van der Waals surface area (Å²) in [6.45, 7) is 2.48. The molecule has 0 spiro atoms. The van der Waals surface area contributed by atoms with Gasteiger partial charge in [-0.1, -0.05) is 42.3 Å². The van der Waals surface area contributed by atoms with Crippen molar-refractivity contribution in [2.45, 2.75) is 20.0 Å². The number of carbonyl (C=O) groups is 1. The first-order chi connectivity index (χ1) is 12.4. The molecule has 1 unspecified atom stereocenters. The van der Waals surface area contributed by atoms with Crippen LogP contribution >= 0.6 is 23.2 Å². The predicted molar refractivity (Wildman–Crippen MR) is 97.8 cm³/mol. The average molecular weight is 396 g/mol. The molecule has 0 radical (unpaired) electrons. The summed E-state index contributed by atoms with van der Waals surface area (Å²) in [5.74, 6) is -0.662. The zero-order valence-electron chi connectivity index (χ0n) is 13.9. The van der Waals surface area contributed by atoms with Crippen LogP contribution in [0.4, 0.5) is 10.2 Å². The molecule has 3 aromatic rings. The molecule has 0 fully saturated rings. The Bertz CT molecular complexity index is 924. The van der Waals surface area contributed by atoms with E-state index in [9.17, 15) is 9.18 Å². The smallest absolute Gasteiger partial charge is 0.230 e. The molecule has 1 atom stereocenters. The Morgan fingerprint density at radius 2 is 2.12 bits per heavy atom. The largest absolute Gasteiger partial charge is 0.308 e. The summed E-state index contributed by atoms with van der Waals surface area (Å²) in [5.41, 5.74) is 0.742. The molecule has 6 nitrogen and oxygen atoms in total. The summed E-state index contributed by atoms with van der Waals surface area (Å²) >= 11 is 12.0. The Morgan fingerprint density at radius 1 is 1.31 bits per heavy atom. The molecular formula is C17H16Cl2FN5O. The Labute approximate surface area is 159 Å². The lowest BCUT2D eigenvalue weighted by atomic mass is 10.1. The van der Waals surface area contributed by atoms with E-state index in [-0.39, 0.29) is 23.5 Å². The third kappa shape index (κ3) is 4.62. The van der Waals surface area contributed by atoms with E-state index in [0.717, 1.165) is 5.56 Å². The van der Waals surface area contributed by atoms with E-state index >= 15 is 0 Å². The lowest BCUT2D eigenvalue weighted by Gasteiger charge is -2.11. The molecule has 26 heavy (non-hydrogen) atoms. The van der Waals surface area contributed by atoms with Crippen molar-refractivity contribution in [1.29, 1.82) is 0 Å². The SMILES string of the molecule is CC(Cn1cc(Cl)cn1)C(=O)Nc1nn(Cc2cccc(F)c2)cc1Cl. The van der Waals surface area contributed by atoms with Crippen molar-refractivity contribution in [2.75, 3.05) is 5.32 Å². The summed E-state index contributed by atoms with van der Waals surface area (Å²) in [5, 5.41) is 11.8. The van der Waals surface area contributed by atoms with Gasteiger partial charge in [-0.2, -0.15) is 10.2 Å². The number of aromatic nitrogens is 4. The van der Waals surface area contributed by atoms with E-state index < -0.39 is 0 Å².